The molecule has 9 N–H and O–H groups in total. The molecule has 2 aliphatic heterocycles. The smallest absolute Gasteiger partial charge is 0.326 e. The molecule has 14 nitrogen and oxygen atoms in total. The van der Waals surface area contributed by atoms with E-state index < -0.39 is 42.0 Å². The highest BCUT2D eigenvalue weighted by molar-refractivity contribution is 5.94. The fraction of sp³-hybridized carbons (Fsp3) is 0.636. The third-order valence-corrected chi connectivity index (χ3v) is 6.53. The highest BCUT2D eigenvalue weighted by Gasteiger charge is 2.40. The van der Waals surface area contributed by atoms with E-state index in [0.29, 0.717) is 50.9 Å². The molecular formula is C22H35N9O5. The molecule has 3 rings (SSSR count). The van der Waals surface area contributed by atoms with Gasteiger partial charge in [-0.25, -0.2) is 9.78 Å². The number of imidazole rings is 1. The van der Waals surface area contributed by atoms with Crippen molar-refractivity contribution in [3.8, 4) is 0 Å². The summed E-state index contributed by atoms with van der Waals surface area (Å²) in [7, 11) is 0. The number of hydrogen-bond acceptors (Lipinski definition) is 7. The lowest BCUT2D eigenvalue weighted by atomic mass is 10.1. The minimum Gasteiger partial charge on any atom is -0.480 e. The summed E-state index contributed by atoms with van der Waals surface area (Å²) in [5.74, 6) is -2.46. The molecule has 0 aromatic carbocycles. The van der Waals surface area contributed by atoms with Gasteiger partial charge in [-0.05, 0) is 38.5 Å². The minimum absolute atomic E-state index is 0.0843. The number of carboxylic acid groups (broad SMARTS) is 1. The average molecular weight is 506 g/mol. The molecule has 0 radical (unpaired) electrons. The van der Waals surface area contributed by atoms with Crippen LogP contribution in [0.5, 0.6) is 0 Å². The van der Waals surface area contributed by atoms with Crippen molar-refractivity contribution >= 4 is 29.7 Å². The summed E-state index contributed by atoms with van der Waals surface area (Å²) in [5, 5.41) is 12.3. The minimum atomic E-state index is -1.08. The van der Waals surface area contributed by atoms with Crippen molar-refractivity contribution in [2.24, 2.45) is 22.2 Å². The van der Waals surface area contributed by atoms with E-state index in [4.69, 9.17) is 17.2 Å². The number of likely N-dealkylation sites (tertiary alicyclic amines) is 2. The Morgan fingerprint density at radius 2 is 1.81 bits per heavy atom. The largest absolute Gasteiger partial charge is 0.480 e. The van der Waals surface area contributed by atoms with Crippen molar-refractivity contribution in [2.45, 2.75) is 69.1 Å². The van der Waals surface area contributed by atoms with Crippen molar-refractivity contribution in [3.05, 3.63) is 18.2 Å². The van der Waals surface area contributed by atoms with Crippen molar-refractivity contribution < 1.29 is 24.3 Å². The number of amides is 3. The van der Waals surface area contributed by atoms with Gasteiger partial charge in [0.25, 0.3) is 0 Å². The number of rotatable bonds is 11. The van der Waals surface area contributed by atoms with Gasteiger partial charge in [0.05, 0.1) is 12.4 Å². The number of aliphatic imine (C=N–C) groups is 1. The Morgan fingerprint density at radius 3 is 2.42 bits per heavy atom. The van der Waals surface area contributed by atoms with Crippen molar-refractivity contribution in [1.82, 2.24) is 25.1 Å². The molecule has 14 heteroatoms. The predicted octanol–water partition coefficient (Wildman–Crippen LogP) is -2.12. The van der Waals surface area contributed by atoms with Crippen LogP contribution in [-0.2, 0) is 25.6 Å². The monoisotopic (exact) mass is 505 g/mol. The maximum atomic E-state index is 13.3. The van der Waals surface area contributed by atoms with E-state index in [2.05, 4.69) is 20.3 Å². The standard InChI is InChI=1S/C22H35N9O5/c23-14(10-13-11-26-12-28-13)19(33)30-8-2-5-16(30)18(32)29-15(4-1-7-27-22(24)25)20(34)31-9-3-6-17(31)21(35)36/h11-12,14-17H,1-10,23H2,(H,26,28)(H,29,32)(H,35,36)(H4,24,25,27). The molecule has 2 aliphatic rings. The van der Waals surface area contributed by atoms with Crippen LogP contribution in [0, 0.1) is 0 Å². The van der Waals surface area contributed by atoms with Crippen LogP contribution >= 0.6 is 0 Å². The molecule has 0 spiro atoms. The Balaban J connectivity index is 1.69. The highest BCUT2D eigenvalue weighted by atomic mass is 16.4. The van der Waals surface area contributed by atoms with E-state index in [9.17, 15) is 24.3 Å². The summed E-state index contributed by atoms with van der Waals surface area (Å²) in [5.41, 5.74) is 17.5. The van der Waals surface area contributed by atoms with Gasteiger partial charge in [0.15, 0.2) is 5.96 Å². The fourth-order valence-corrected chi connectivity index (χ4v) is 4.75. The molecule has 3 amide bonds. The topological polar surface area (TPSA) is 226 Å². The number of aliphatic carboxylic acids is 1. The molecule has 0 saturated carbocycles. The molecule has 1 aromatic rings. The van der Waals surface area contributed by atoms with Crippen LogP contribution in [-0.4, -0.2) is 98.3 Å². The number of hydrogen-bond donors (Lipinski definition) is 6. The molecule has 4 unspecified atom stereocenters. The van der Waals surface area contributed by atoms with E-state index >= 15 is 0 Å². The maximum absolute atomic E-state index is 13.3. The summed E-state index contributed by atoms with van der Waals surface area (Å²) in [4.78, 5) is 64.7. The molecule has 36 heavy (non-hydrogen) atoms. The van der Waals surface area contributed by atoms with Gasteiger partial charge in [0.2, 0.25) is 17.7 Å². The molecule has 2 saturated heterocycles. The van der Waals surface area contributed by atoms with Gasteiger partial charge >= 0.3 is 5.97 Å². The van der Waals surface area contributed by atoms with E-state index in [1.54, 1.807) is 6.20 Å². The van der Waals surface area contributed by atoms with Crippen molar-refractivity contribution in [2.75, 3.05) is 19.6 Å². The van der Waals surface area contributed by atoms with Gasteiger partial charge in [-0.2, -0.15) is 0 Å². The van der Waals surface area contributed by atoms with Crippen molar-refractivity contribution in [3.63, 3.8) is 0 Å². The lowest BCUT2D eigenvalue weighted by Crippen LogP contribution is -2.56. The Kier molecular flexibility index (Phi) is 9.22. The number of carboxylic acids is 1. The summed E-state index contributed by atoms with van der Waals surface area (Å²) in [6, 6.07) is -3.52. The first-order valence-electron chi connectivity index (χ1n) is 12.1. The van der Waals surface area contributed by atoms with Crippen LogP contribution in [0.1, 0.15) is 44.2 Å². The van der Waals surface area contributed by atoms with Crippen LogP contribution in [0.3, 0.4) is 0 Å². The second-order valence-electron chi connectivity index (χ2n) is 9.12. The first-order valence-corrected chi connectivity index (χ1v) is 12.1. The lowest BCUT2D eigenvalue weighted by molar-refractivity contribution is -0.149. The van der Waals surface area contributed by atoms with Crippen LogP contribution < -0.4 is 22.5 Å². The zero-order valence-corrected chi connectivity index (χ0v) is 20.1. The number of carbonyl (C=O) groups excluding carboxylic acids is 3. The summed E-state index contributed by atoms with van der Waals surface area (Å²) in [6.45, 7) is 0.928. The third kappa shape index (κ3) is 6.71. The lowest BCUT2D eigenvalue weighted by Gasteiger charge is -2.30. The number of nitrogens with one attached hydrogen (secondary N) is 2. The summed E-state index contributed by atoms with van der Waals surface area (Å²) < 4.78 is 0. The Labute approximate surface area is 208 Å². The number of carbonyl (C=O) groups is 4. The van der Waals surface area contributed by atoms with Crippen LogP contribution in [0.2, 0.25) is 0 Å². The van der Waals surface area contributed by atoms with Gasteiger partial charge in [0.1, 0.15) is 18.1 Å². The van der Waals surface area contributed by atoms with Crippen LogP contribution in [0.4, 0.5) is 0 Å². The Bertz CT molecular complexity index is 963. The average Bonchev–Trinajstić information content (AvgIpc) is 3.60. The molecule has 1 aromatic heterocycles. The molecule has 3 heterocycles. The number of aromatic amines is 1. The quantitative estimate of drug-likeness (QED) is 0.110. The SMILES string of the molecule is NC(N)=NCCCC(NC(=O)C1CCCN1C(=O)C(N)Cc1cnc[nH]1)C(=O)N1CCCC1C(=O)O. The second kappa shape index (κ2) is 12.3. The van der Waals surface area contributed by atoms with Crippen LogP contribution in [0.15, 0.2) is 17.5 Å². The Morgan fingerprint density at radius 1 is 1.14 bits per heavy atom. The van der Waals surface area contributed by atoms with E-state index in [-0.39, 0.29) is 31.3 Å². The van der Waals surface area contributed by atoms with Gasteiger partial charge in [-0.3, -0.25) is 19.4 Å². The number of nitrogens with two attached hydrogens (primary N) is 3. The summed E-state index contributed by atoms with van der Waals surface area (Å²) in [6.07, 6.45) is 5.92. The summed E-state index contributed by atoms with van der Waals surface area (Å²) >= 11 is 0. The number of nitrogens with zero attached hydrogens (tertiary/aromatic N) is 4. The zero-order valence-electron chi connectivity index (χ0n) is 20.1. The van der Waals surface area contributed by atoms with Gasteiger partial charge in [-0.1, -0.05) is 0 Å². The number of aromatic nitrogens is 2. The molecule has 4 atom stereocenters. The zero-order chi connectivity index (χ0) is 26.2. The molecular weight excluding hydrogens is 470 g/mol. The Hall–Kier alpha value is -3.68. The highest BCUT2D eigenvalue weighted by Crippen LogP contribution is 2.22. The first-order chi connectivity index (χ1) is 17.2. The van der Waals surface area contributed by atoms with Gasteiger partial charge in [0, 0.05) is 37.9 Å². The molecule has 0 bridgehead atoms. The molecule has 198 valence electrons. The second-order valence-corrected chi connectivity index (χ2v) is 9.12. The fourth-order valence-electron chi connectivity index (χ4n) is 4.75. The van der Waals surface area contributed by atoms with Crippen LogP contribution in [0.25, 0.3) is 0 Å². The van der Waals surface area contributed by atoms with E-state index in [1.807, 2.05) is 0 Å². The number of guanidine groups is 1. The van der Waals surface area contributed by atoms with E-state index in [1.165, 1.54) is 16.1 Å². The first kappa shape index (κ1) is 26.9. The third-order valence-electron chi connectivity index (χ3n) is 6.53. The van der Waals surface area contributed by atoms with Crippen molar-refractivity contribution in [1.29, 1.82) is 0 Å². The number of H-pyrrole nitrogens is 1. The van der Waals surface area contributed by atoms with E-state index in [0.717, 1.165) is 0 Å². The normalized spacial score (nSPS) is 21.1. The predicted molar refractivity (Wildman–Crippen MR) is 129 cm³/mol. The molecule has 0 aliphatic carbocycles. The maximum Gasteiger partial charge on any atom is 0.326 e. The van der Waals surface area contributed by atoms with Gasteiger partial charge in [-0.15, -0.1) is 0 Å². The van der Waals surface area contributed by atoms with Gasteiger partial charge < -0.3 is 42.4 Å². The molecule has 2 fully saturated rings.